The highest BCUT2D eigenvalue weighted by Gasteiger charge is 2.33. The average molecular weight is 343 g/mol. The van der Waals surface area contributed by atoms with E-state index in [0.29, 0.717) is 23.4 Å². The molecule has 0 spiro atoms. The lowest BCUT2D eigenvalue weighted by atomic mass is 9.82. The van der Waals surface area contributed by atoms with Crippen LogP contribution in [0.3, 0.4) is 0 Å². The Morgan fingerprint density at radius 2 is 2.29 bits per heavy atom. The van der Waals surface area contributed by atoms with Crippen LogP contribution in [-0.2, 0) is 0 Å². The summed E-state index contributed by atoms with van der Waals surface area (Å²) < 4.78 is 0. The van der Waals surface area contributed by atoms with Crippen LogP contribution in [0.1, 0.15) is 41.6 Å². The Balaban J connectivity index is 1.67. The number of aromatic nitrogens is 1. The van der Waals surface area contributed by atoms with Crippen LogP contribution in [0.25, 0.3) is 0 Å². The molecule has 1 aliphatic carbocycles. The Kier molecular flexibility index (Phi) is 4.94. The van der Waals surface area contributed by atoms with Crippen molar-refractivity contribution >= 4 is 17.5 Å². The zero-order valence-corrected chi connectivity index (χ0v) is 13.9. The van der Waals surface area contributed by atoms with Gasteiger partial charge in [-0.25, -0.2) is 0 Å². The van der Waals surface area contributed by atoms with Crippen molar-refractivity contribution in [3.05, 3.63) is 58.9 Å². The number of halogens is 1. The normalized spacial score (nSPS) is 23.2. The fraction of sp³-hybridized carbons (Fsp3) is 0.316. The molecule has 5 heteroatoms. The molecule has 1 fully saturated rings. The summed E-state index contributed by atoms with van der Waals surface area (Å²) in [7, 11) is 0. The fourth-order valence-corrected chi connectivity index (χ4v) is 3.17. The number of carbonyl (C=O) groups is 1. The van der Waals surface area contributed by atoms with E-state index >= 15 is 0 Å². The van der Waals surface area contributed by atoms with E-state index in [0.717, 1.165) is 18.4 Å². The minimum Gasteiger partial charge on any atom is -0.378 e. The van der Waals surface area contributed by atoms with Gasteiger partial charge in [0.1, 0.15) is 5.60 Å². The predicted octanol–water partition coefficient (Wildman–Crippen LogP) is 3.12. The third-order valence-corrected chi connectivity index (χ3v) is 4.42. The van der Waals surface area contributed by atoms with Crippen molar-refractivity contribution < 1.29 is 9.90 Å². The zero-order valence-electron chi connectivity index (χ0n) is 13.2. The quantitative estimate of drug-likeness (QED) is 0.734. The van der Waals surface area contributed by atoms with E-state index in [9.17, 15) is 9.90 Å². The average Bonchev–Trinajstić information content (AvgIpc) is 3.08. The Bertz CT molecular complexity index is 776. The third kappa shape index (κ3) is 4.19. The monoisotopic (exact) mass is 342 g/mol. The largest absolute Gasteiger partial charge is 0.378 e. The molecule has 1 aromatic carbocycles. The minimum absolute atomic E-state index is 0.0835. The lowest BCUT2D eigenvalue weighted by Crippen LogP contribution is -2.45. The van der Waals surface area contributed by atoms with Gasteiger partial charge >= 0.3 is 0 Å². The van der Waals surface area contributed by atoms with Crippen LogP contribution < -0.4 is 5.32 Å². The van der Waals surface area contributed by atoms with Crippen molar-refractivity contribution in [3.8, 4) is 11.8 Å². The molecule has 124 valence electrons. The van der Waals surface area contributed by atoms with Gasteiger partial charge in [-0.3, -0.25) is 4.79 Å². The Labute approximate surface area is 146 Å². The van der Waals surface area contributed by atoms with E-state index in [2.05, 4.69) is 22.1 Å². The maximum Gasteiger partial charge on any atom is 0.253 e. The second kappa shape index (κ2) is 7.12. The van der Waals surface area contributed by atoms with Crippen LogP contribution >= 0.6 is 11.6 Å². The number of hydrogen-bond acceptors (Lipinski definition) is 2. The maximum absolute atomic E-state index is 12.1. The van der Waals surface area contributed by atoms with Crippen LogP contribution in [0, 0.1) is 11.8 Å². The van der Waals surface area contributed by atoms with Gasteiger partial charge in [0, 0.05) is 35.4 Å². The van der Waals surface area contributed by atoms with Crippen molar-refractivity contribution in [3.63, 3.8) is 0 Å². The van der Waals surface area contributed by atoms with E-state index in [1.807, 2.05) is 12.1 Å². The van der Waals surface area contributed by atoms with Crippen molar-refractivity contribution in [2.75, 3.05) is 0 Å². The van der Waals surface area contributed by atoms with Crippen LogP contribution in [-0.4, -0.2) is 27.6 Å². The first-order valence-electron chi connectivity index (χ1n) is 7.99. The molecule has 3 rings (SSSR count). The van der Waals surface area contributed by atoms with Crippen molar-refractivity contribution in [2.45, 2.75) is 37.3 Å². The predicted molar refractivity (Wildman–Crippen MR) is 93.8 cm³/mol. The number of hydrogen-bond donors (Lipinski definition) is 3. The molecule has 3 N–H and O–H groups in total. The minimum atomic E-state index is -1.09. The molecule has 1 aliphatic rings. The first kappa shape index (κ1) is 16.6. The Morgan fingerprint density at radius 1 is 1.42 bits per heavy atom. The molecular formula is C19H19ClN2O2. The van der Waals surface area contributed by atoms with E-state index in [1.165, 1.54) is 0 Å². The summed E-state index contributed by atoms with van der Waals surface area (Å²) in [5.41, 5.74) is 0.278. The van der Waals surface area contributed by atoms with Gasteiger partial charge in [0.2, 0.25) is 0 Å². The SMILES string of the molecule is O=C(N[C@H]1CCC[C@@](O)(C#Cc2cccc(Cl)c2)C1)c1cc[nH]c1. The number of H-pyrrole nitrogens is 1. The molecule has 0 saturated heterocycles. The fourth-order valence-electron chi connectivity index (χ4n) is 2.98. The first-order chi connectivity index (χ1) is 11.5. The maximum atomic E-state index is 12.1. The number of aromatic amines is 1. The molecule has 1 aromatic heterocycles. The van der Waals surface area contributed by atoms with Gasteiger partial charge in [0.15, 0.2) is 0 Å². The number of aliphatic hydroxyl groups is 1. The van der Waals surface area contributed by atoms with Crippen LogP contribution in [0.15, 0.2) is 42.7 Å². The number of rotatable bonds is 2. The molecule has 0 unspecified atom stereocenters. The number of nitrogens with one attached hydrogen (secondary N) is 2. The molecular weight excluding hydrogens is 324 g/mol. The summed E-state index contributed by atoms with van der Waals surface area (Å²) in [5, 5.41) is 14.3. The lowest BCUT2D eigenvalue weighted by molar-refractivity contribution is 0.0452. The molecule has 24 heavy (non-hydrogen) atoms. The molecule has 0 bridgehead atoms. The highest BCUT2D eigenvalue weighted by molar-refractivity contribution is 6.30. The molecule has 2 atom stereocenters. The number of carbonyl (C=O) groups excluding carboxylic acids is 1. The summed E-state index contributed by atoms with van der Waals surface area (Å²) in [6, 6.07) is 8.89. The van der Waals surface area contributed by atoms with Gasteiger partial charge in [-0.05, 0) is 43.5 Å². The molecule has 0 aliphatic heterocycles. The highest BCUT2D eigenvalue weighted by Crippen LogP contribution is 2.28. The summed E-state index contributed by atoms with van der Waals surface area (Å²) in [5.74, 6) is 5.83. The number of benzene rings is 1. The molecule has 1 heterocycles. The molecule has 1 amide bonds. The van der Waals surface area contributed by atoms with Gasteiger partial charge in [0.25, 0.3) is 5.91 Å². The van der Waals surface area contributed by atoms with Crippen molar-refractivity contribution in [2.24, 2.45) is 0 Å². The molecule has 1 saturated carbocycles. The van der Waals surface area contributed by atoms with Gasteiger partial charge in [-0.15, -0.1) is 0 Å². The second-order valence-electron chi connectivity index (χ2n) is 6.16. The molecule has 0 radical (unpaired) electrons. The third-order valence-electron chi connectivity index (χ3n) is 4.19. The highest BCUT2D eigenvalue weighted by atomic mass is 35.5. The second-order valence-corrected chi connectivity index (χ2v) is 6.59. The standard InChI is InChI=1S/C19H19ClN2O2/c20-16-4-1-3-14(11-16)6-9-19(24)8-2-5-17(12-19)22-18(23)15-7-10-21-13-15/h1,3-4,7,10-11,13,17,21,24H,2,5,8,12H2,(H,22,23)/t17-,19+/m0/s1. The van der Waals surface area contributed by atoms with E-state index in [-0.39, 0.29) is 11.9 Å². The number of amides is 1. The zero-order chi connectivity index (χ0) is 17.0. The topological polar surface area (TPSA) is 65.1 Å². The van der Waals surface area contributed by atoms with Gasteiger partial charge in [-0.1, -0.05) is 29.5 Å². The summed E-state index contributed by atoms with van der Waals surface area (Å²) in [6.45, 7) is 0. The van der Waals surface area contributed by atoms with E-state index in [1.54, 1.807) is 30.6 Å². The van der Waals surface area contributed by atoms with Crippen molar-refractivity contribution in [1.82, 2.24) is 10.3 Å². The summed E-state index contributed by atoms with van der Waals surface area (Å²) in [6.07, 6.45) is 6.07. The van der Waals surface area contributed by atoms with Gasteiger partial charge in [-0.2, -0.15) is 0 Å². The first-order valence-corrected chi connectivity index (χ1v) is 8.37. The van der Waals surface area contributed by atoms with Crippen molar-refractivity contribution in [1.29, 1.82) is 0 Å². The van der Waals surface area contributed by atoms with Gasteiger partial charge in [0.05, 0.1) is 5.56 Å². The molecule has 4 nitrogen and oxygen atoms in total. The van der Waals surface area contributed by atoms with Crippen LogP contribution in [0.4, 0.5) is 0 Å². The van der Waals surface area contributed by atoms with Gasteiger partial charge < -0.3 is 15.4 Å². The summed E-state index contributed by atoms with van der Waals surface area (Å²) in [4.78, 5) is 15.0. The Hall–Kier alpha value is -2.22. The van der Waals surface area contributed by atoms with E-state index in [4.69, 9.17) is 11.6 Å². The van der Waals surface area contributed by atoms with Crippen LogP contribution in [0.2, 0.25) is 5.02 Å². The lowest BCUT2D eigenvalue weighted by Gasteiger charge is -2.33. The van der Waals surface area contributed by atoms with E-state index < -0.39 is 5.60 Å². The van der Waals surface area contributed by atoms with Crippen LogP contribution in [0.5, 0.6) is 0 Å². The Morgan fingerprint density at radius 3 is 3.04 bits per heavy atom. The molecule has 2 aromatic rings. The smallest absolute Gasteiger partial charge is 0.253 e. The summed E-state index contributed by atoms with van der Waals surface area (Å²) >= 11 is 5.95.